The Balaban J connectivity index is 1.82. The Morgan fingerprint density at radius 3 is 2.76 bits per heavy atom. The monoisotopic (exact) mass is 334 g/mol. The van der Waals surface area contributed by atoms with E-state index in [4.69, 9.17) is 16.4 Å². The highest BCUT2D eigenvalue weighted by Crippen LogP contribution is 2.22. The van der Waals surface area contributed by atoms with Gasteiger partial charge in [-0.2, -0.15) is 5.26 Å². The number of aryl methyl sites for hydroxylation is 1. The molecule has 2 heterocycles. The predicted molar refractivity (Wildman–Crippen MR) is 95.5 cm³/mol. The summed E-state index contributed by atoms with van der Waals surface area (Å²) in [4.78, 5) is 18.4. The molecule has 1 aromatic heterocycles. The van der Waals surface area contributed by atoms with Crippen LogP contribution in [-0.4, -0.2) is 34.7 Å². The number of aromatic nitrogens is 1. The smallest absolute Gasteiger partial charge is 0.274 e. The van der Waals surface area contributed by atoms with Crippen molar-refractivity contribution in [2.24, 2.45) is 0 Å². The maximum absolute atomic E-state index is 12.4. The molecule has 3 rings (SSSR count). The van der Waals surface area contributed by atoms with Gasteiger partial charge >= 0.3 is 0 Å². The molecule has 1 aliphatic heterocycles. The van der Waals surface area contributed by atoms with E-state index in [-0.39, 0.29) is 11.6 Å². The lowest BCUT2D eigenvalue weighted by atomic mass is 10.1. The molecule has 2 aromatic rings. The van der Waals surface area contributed by atoms with Gasteiger partial charge in [-0.3, -0.25) is 10.2 Å². The number of amidine groups is 1. The molecule has 1 amide bonds. The molecule has 1 aliphatic rings. The number of hydrogen-bond acceptors (Lipinski definition) is 5. The highest BCUT2D eigenvalue weighted by molar-refractivity contribution is 6.06. The predicted octanol–water partition coefficient (Wildman–Crippen LogP) is 2.13. The molecule has 4 N–H and O–H groups in total. The van der Waals surface area contributed by atoms with Gasteiger partial charge in [0.1, 0.15) is 17.6 Å². The first-order valence-corrected chi connectivity index (χ1v) is 7.91. The van der Waals surface area contributed by atoms with Crippen LogP contribution in [0, 0.1) is 23.7 Å². The van der Waals surface area contributed by atoms with Gasteiger partial charge in [0.15, 0.2) is 0 Å². The van der Waals surface area contributed by atoms with E-state index in [2.05, 4.69) is 10.3 Å². The zero-order chi connectivity index (χ0) is 18.0. The van der Waals surface area contributed by atoms with Crippen molar-refractivity contribution in [2.45, 2.75) is 13.3 Å². The summed E-state index contributed by atoms with van der Waals surface area (Å²) in [6.45, 7) is 3.43. The lowest BCUT2D eigenvalue weighted by molar-refractivity contribution is 0.102. The fourth-order valence-electron chi connectivity index (χ4n) is 2.61. The Morgan fingerprint density at radius 2 is 2.16 bits per heavy atom. The number of carbonyl (C=O) groups is 1. The van der Waals surface area contributed by atoms with Crippen LogP contribution in [0.25, 0.3) is 0 Å². The van der Waals surface area contributed by atoms with Gasteiger partial charge in [0.05, 0.1) is 5.56 Å². The Morgan fingerprint density at radius 1 is 1.40 bits per heavy atom. The number of carbonyl (C=O) groups excluding carboxylic acids is 1. The number of amides is 1. The Bertz CT molecular complexity index is 895. The second-order valence-electron chi connectivity index (χ2n) is 5.95. The number of nitrogen functional groups attached to an aromatic ring is 1. The number of nitrogens with zero attached hydrogens (tertiary/aromatic N) is 3. The van der Waals surface area contributed by atoms with Crippen molar-refractivity contribution in [3.05, 3.63) is 52.8 Å². The van der Waals surface area contributed by atoms with Gasteiger partial charge < -0.3 is 16.0 Å². The number of likely N-dealkylation sites (tertiary alicyclic amines) is 1. The van der Waals surface area contributed by atoms with Gasteiger partial charge in [-0.15, -0.1) is 0 Å². The van der Waals surface area contributed by atoms with E-state index in [1.165, 1.54) is 6.20 Å². The number of anilines is 2. The third kappa shape index (κ3) is 3.28. The van der Waals surface area contributed by atoms with Crippen molar-refractivity contribution < 1.29 is 4.79 Å². The Kier molecular flexibility index (Phi) is 4.35. The number of pyridine rings is 1. The number of hydrogen-bond donors (Lipinski definition) is 3. The summed E-state index contributed by atoms with van der Waals surface area (Å²) in [5.74, 6) is 0.000666. The Hall–Kier alpha value is -3.40. The highest BCUT2D eigenvalue weighted by atomic mass is 16.1. The summed E-state index contributed by atoms with van der Waals surface area (Å²) < 4.78 is 0. The van der Waals surface area contributed by atoms with E-state index in [9.17, 15) is 4.79 Å². The number of nitrogens with two attached hydrogens (primary N) is 1. The topological polar surface area (TPSA) is 119 Å². The minimum absolute atomic E-state index is 0.259. The number of nitrogens with one attached hydrogen (secondary N) is 2. The SMILES string of the molecule is Cc1cc(C#N)cnc1C(=O)Nc1ccc(N)c(C(=N)N2CCC2)c1. The van der Waals surface area contributed by atoms with E-state index in [1.807, 2.05) is 11.0 Å². The molecule has 0 unspecified atom stereocenters. The molecule has 1 aromatic carbocycles. The zero-order valence-corrected chi connectivity index (χ0v) is 13.8. The largest absolute Gasteiger partial charge is 0.398 e. The summed E-state index contributed by atoms with van der Waals surface area (Å²) >= 11 is 0. The minimum Gasteiger partial charge on any atom is -0.398 e. The molecule has 25 heavy (non-hydrogen) atoms. The van der Waals surface area contributed by atoms with Crippen LogP contribution in [0.4, 0.5) is 11.4 Å². The molecule has 0 radical (unpaired) electrons. The first-order valence-electron chi connectivity index (χ1n) is 7.91. The first-order chi connectivity index (χ1) is 12.0. The van der Waals surface area contributed by atoms with Gasteiger partial charge in [-0.25, -0.2) is 4.98 Å². The fraction of sp³-hybridized carbons (Fsp3) is 0.222. The second-order valence-corrected chi connectivity index (χ2v) is 5.95. The van der Waals surface area contributed by atoms with E-state index >= 15 is 0 Å². The molecule has 1 saturated heterocycles. The second kappa shape index (κ2) is 6.61. The lowest BCUT2D eigenvalue weighted by Gasteiger charge is -2.33. The lowest BCUT2D eigenvalue weighted by Crippen LogP contribution is -2.42. The van der Waals surface area contributed by atoms with Crippen molar-refractivity contribution in [3.63, 3.8) is 0 Å². The summed E-state index contributed by atoms with van der Waals surface area (Å²) in [5, 5.41) is 19.9. The van der Waals surface area contributed by atoms with Crippen molar-refractivity contribution in [3.8, 4) is 6.07 Å². The molecular formula is C18H18N6O. The first kappa shape index (κ1) is 16.5. The normalized spacial score (nSPS) is 12.9. The van der Waals surface area contributed by atoms with Crippen molar-refractivity contribution >= 4 is 23.1 Å². The van der Waals surface area contributed by atoms with E-state index < -0.39 is 0 Å². The highest BCUT2D eigenvalue weighted by Gasteiger charge is 2.21. The quantitative estimate of drug-likeness (QED) is 0.451. The van der Waals surface area contributed by atoms with Crippen LogP contribution in [0.15, 0.2) is 30.5 Å². The van der Waals surface area contributed by atoms with E-state index in [0.717, 1.165) is 19.5 Å². The van der Waals surface area contributed by atoms with Gasteiger partial charge in [0.25, 0.3) is 5.91 Å². The third-order valence-electron chi connectivity index (χ3n) is 4.16. The maximum Gasteiger partial charge on any atom is 0.274 e. The number of rotatable bonds is 3. The number of nitriles is 1. The molecule has 126 valence electrons. The summed E-state index contributed by atoms with van der Waals surface area (Å²) in [6.07, 6.45) is 2.44. The van der Waals surface area contributed by atoms with Crippen LogP contribution >= 0.6 is 0 Å². The average Bonchev–Trinajstić information content (AvgIpc) is 2.54. The molecule has 0 bridgehead atoms. The molecule has 0 aliphatic carbocycles. The van der Waals surface area contributed by atoms with Crippen LogP contribution in [0.1, 0.15) is 33.6 Å². The van der Waals surface area contributed by atoms with Gasteiger partial charge in [0.2, 0.25) is 0 Å². The minimum atomic E-state index is -0.367. The fourth-order valence-corrected chi connectivity index (χ4v) is 2.61. The summed E-state index contributed by atoms with van der Waals surface area (Å²) in [7, 11) is 0. The zero-order valence-electron chi connectivity index (χ0n) is 13.8. The maximum atomic E-state index is 12.4. The molecule has 1 fully saturated rings. The van der Waals surface area contributed by atoms with Gasteiger partial charge in [0, 0.05) is 36.2 Å². The van der Waals surface area contributed by atoms with Crippen LogP contribution in [0.3, 0.4) is 0 Å². The van der Waals surface area contributed by atoms with Crippen LogP contribution < -0.4 is 11.1 Å². The van der Waals surface area contributed by atoms with Crippen molar-refractivity contribution in [2.75, 3.05) is 24.1 Å². The van der Waals surface area contributed by atoms with Gasteiger partial charge in [-0.05, 0) is 43.2 Å². The number of benzene rings is 1. The molecule has 0 spiro atoms. The van der Waals surface area contributed by atoms with Crippen molar-refractivity contribution in [1.29, 1.82) is 10.7 Å². The third-order valence-corrected chi connectivity index (χ3v) is 4.16. The summed E-state index contributed by atoms with van der Waals surface area (Å²) in [5.41, 5.74) is 8.92. The Labute approximate surface area is 145 Å². The molecular weight excluding hydrogens is 316 g/mol. The standard InChI is InChI=1S/C18H18N6O/c1-11-7-12(9-19)10-22-16(11)18(25)23-13-3-4-15(20)14(8-13)17(21)24-5-2-6-24/h3-4,7-8,10,21H,2,5-6,20H2,1H3,(H,23,25). The van der Waals surface area contributed by atoms with Crippen LogP contribution in [0.5, 0.6) is 0 Å². The molecule has 7 nitrogen and oxygen atoms in total. The van der Waals surface area contributed by atoms with E-state index in [0.29, 0.717) is 33.9 Å². The summed E-state index contributed by atoms with van der Waals surface area (Å²) in [6, 6.07) is 8.69. The molecule has 0 saturated carbocycles. The van der Waals surface area contributed by atoms with Gasteiger partial charge in [-0.1, -0.05) is 0 Å². The van der Waals surface area contributed by atoms with E-state index in [1.54, 1.807) is 31.2 Å². The average molecular weight is 334 g/mol. The molecule has 7 heteroatoms. The van der Waals surface area contributed by atoms with Crippen LogP contribution in [0.2, 0.25) is 0 Å². The molecule has 0 atom stereocenters. The van der Waals surface area contributed by atoms with Crippen molar-refractivity contribution in [1.82, 2.24) is 9.88 Å². The van der Waals surface area contributed by atoms with Crippen LogP contribution in [-0.2, 0) is 0 Å².